The molecule has 4 aliphatic rings. The minimum Gasteiger partial charge on any atom is -0.462 e. The Morgan fingerprint density at radius 1 is 1.11 bits per heavy atom. The van der Waals surface area contributed by atoms with E-state index in [0.29, 0.717) is 54.8 Å². The number of hydrogen-bond acceptors (Lipinski definition) is 6. The summed E-state index contributed by atoms with van der Waals surface area (Å²) in [6.07, 6.45) is 8.16. The molecule has 2 aliphatic carbocycles. The van der Waals surface area contributed by atoms with Gasteiger partial charge in [-0.2, -0.15) is 9.97 Å². The summed E-state index contributed by atoms with van der Waals surface area (Å²) in [6, 6.07) is 10.2. The van der Waals surface area contributed by atoms with Crippen molar-refractivity contribution < 1.29 is 13.9 Å². The lowest BCUT2D eigenvalue weighted by atomic mass is 9.89. The van der Waals surface area contributed by atoms with Crippen molar-refractivity contribution in [3.05, 3.63) is 71.3 Å². The topological polar surface area (TPSA) is 66.2 Å². The second-order valence-electron chi connectivity index (χ2n) is 12.8. The molecule has 1 saturated carbocycles. The third-order valence-corrected chi connectivity index (χ3v) is 10.4. The first-order chi connectivity index (χ1) is 21.5. The Balaban J connectivity index is 1.30. The minimum atomic E-state index is -0.359. The Hall–Kier alpha value is -4.03. The maximum atomic E-state index is 16.8. The third-order valence-electron chi connectivity index (χ3n) is 10.4. The van der Waals surface area contributed by atoms with Gasteiger partial charge in [0.1, 0.15) is 24.0 Å². The lowest BCUT2D eigenvalue weighted by molar-refractivity contribution is -0.128. The van der Waals surface area contributed by atoms with Gasteiger partial charge in [-0.05, 0) is 86.4 Å². The SMILES string of the molecule is [C-]#[N+]C[C@H]1CN(c2nc(OC[C@@H]3CCCN3C)nc3c(F)c(-c4cccc5c4C4CCCC4C5)ccc23)CCN1C(=O)C=C. The van der Waals surface area contributed by atoms with Gasteiger partial charge in [-0.1, -0.05) is 37.3 Å². The van der Waals surface area contributed by atoms with Crippen LogP contribution in [0, 0.1) is 18.3 Å². The smallest absolute Gasteiger partial charge is 0.319 e. The maximum Gasteiger partial charge on any atom is 0.319 e. The second kappa shape index (κ2) is 11.8. The summed E-state index contributed by atoms with van der Waals surface area (Å²) in [6.45, 7) is 14.0. The number of rotatable bonds is 7. The highest BCUT2D eigenvalue weighted by Gasteiger charge is 2.38. The highest BCUT2D eigenvalue weighted by molar-refractivity contribution is 5.94. The van der Waals surface area contributed by atoms with Gasteiger partial charge in [0.05, 0.1) is 0 Å². The number of anilines is 1. The maximum absolute atomic E-state index is 16.8. The number of halogens is 1. The summed E-state index contributed by atoms with van der Waals surface area (Å²) in [5.74, 6) is 1.18. The predicted octanol–water partition coefficient (Wildman–Crippen LogP) is 5.47. The van der Waals surface area contributed by atoms with Gasteiger partial charge in [-0.25, -0.2) is 11.0 Å². The van der Waals surface area contributed by atoms with Crippen LogP contribution in [0.5, 0.6) is 6.01 Å². The molecule has 228 valence electrons. The van der Waals surface area contributed by atoms with Gasteiger partial charge in [-0.3, -0.25) is 4.79 Å². The fourth-order valence-electron chi connectivity index (χ4n) is 8.12. The van der Waals surface area contributed by atoms with Gasteiger partial charge < -0.3 is 24.3 Å². The molecule has 3 heterocycles. The van der Waals surface area contributed by atoms with Crippen LogP contribution in [-0.2, 0) is 11.2 Å². The molecule has 44 heavy (non-hydrogen) atoms. The Labute approximate surface area is 258 Å². The van der Waals surface area contributed by atoms with Crippen molar-refractivity contribution in [1.29, 1.82) is 0 Å². The van der Waals surface area contributed by atoms with E-state index in [0.717, 1.165) is 37.8 Å². The lowest BCUT2D eigenvalue weighted by Gasteiger charge is -2.39. The zero-order valence-corrected chi connectivity index (χ0v) is 25.3. The first kappa shape index (κ1) is 28.7. The van der Waals surface area contributed by atoms with Crippen molar-refractivity contribution in [2.45, 2.75) is 56.5 Å². The van der Waals surface area contributed by atoms with Crippen LogP contribution in [0.2, 0.25) is 0 Å². The quantitative estimate of drug-likeness (QED) is 0.267. The first-order valence-electron chi connectivity index (χ1n) is 15.9. The number of likely N-dealkylation sites (tertiary alicyclic amines) is 1. The Morgan fingerprint density at radius 3 is 2.80 bits per heavy atom. The summed E-state index contributed by atoms with van der Waals surface area (Å²) in [4.78, 5) is 31.7. The van der Waals surface area contributed by atoms with Crippen molar-refractivity contribution in [1.82, 2.24) is 19.8 Å². The number of benzene rings is 2. The first-order valence-corrected chi connectivity index (χ1v) is 15.9. The van der Waals surface area contributed by atoms with E-state index in [1.165, 1.54) is 30.0 Å². The molecular weight excluding hydrogens is 555 g/mol. The number of likely N-dealkylation sites (N-methyl/N-ethyl adjacent to an activating group) is 1. The average Bonchev–Trinajstić information content (AvgIpc) is 3.76. The van der Waals surface area contributed by atoms with E-state index in [1.807, 2.05) is 17.0 Å². The molecule has 1 amide bonds. The monoisotopic (exact) mass is 594 g/mol. The van der Waals surface area contributed by atoms with Crippen LogP contribution < -0.4 is 9.64 Å². The normalized spacial score (nSPS) is 24.8. The van der Waals surface area contributed by atoms with Crippen LogP contribution in [0.4, 0.5) is 10.2 Å². The van der Waals surface area contributed by atoms with Crippen molar-refractivity contribution >= 4 is 22.6 Å². The highest BCUT2D eigenvalue weighted by atomic mass is 19.1. The van der Waals surface area contributed by atoms with E-state index in [2.05, 4.69) is 41.6 Å². The number of ether oxygens (including phenoxy) is 1. The van der Waals surface area contributed by atoms with E-state index in [4.69, 9.17) is 21.3 Å². The van der Waals surface area contributed by atoms with Gasteiger partial charge in [0.2, 0.25) is 12.5 Å². The molecule has 0 radical (unpaired) electrons. The minimum absolute atomic E-state index is 0.157. The van der Waals surface area contributed by atoms with Crippen LogP contribution in [0.3, 0.4) is 0 Å². The summed E-state index contributed by atoms with van der Waals surface area (Å²) < 4.78 is 23.0. The van der Waals surface area contributed by atoms with Gasteiger partial charge >= 0.3 is 6.01 Å². The zero-order valence-electron chi connectivity index (χ0n) is 25.3. The van der Waals surface area contributed by atoms with Crippen molar-refractivity contribution in [2.24, 2.45) is 5.92 Å². The largest absolute Gasteiger partial charge is 0.462 e. The summed E-state index contributed by atoms with van der Waals surface area (Å²) >= 11 is 0. The van der Waals surface area contributed by atoms with Crippen LogP contribution >= 0.6 is 0 Å². The molecule has 0 N–H and O–H groups in total. The third kappa shape index (κ3) is 4.99. The number of carbonyl (C=O) groups excluding carboxylic acids is 1. The number of piperazine rings is 1. The molecular formula is C35H39FN6O2. The van der Waals surface area contributed by atoms with E-state index in [9.17, 15) is 4.79 Å². The van der Waals surface area contributed by atoms with Crippen LogP contribution in [0.25, 0.3) is 26.9 Å². The van der Waals surface area contributed by atoms with E-state index < -0.39 is 0 Å². The van der Waals surface area contributed by atoms with E-state index in [-0.39, 0.29) is 41.9 Å². The van der Waals surface area contributed by atoms with Crippen molar-refractivity contribution in [3.8, 4) is 17.1 Å². The molecule has 2 aromatic carbocycles. The molecule has 3 fully saturated rings. The zero-order chi connectivity index (χ0) is 30.4. The molecule has 1 aromatic heterocycles. The second-order valence-corrected chi connectivity index (χ2v) is 12.8. The molecule has 2 unspecified atom stereocenters. The molecule has 3 aromatic rings. The molecule has 0 bridgehead atoms. The average molecular weight is 595 g/mol. The van der Waals surface area contributed by atoms with E-state index in [1.54, 1.807) is 4.90 Å². The molecule has 2 saturated heterocycles. The number of hydrogen-bond donors (Lipinski definition) is 0. The van der Waals surface area contributed by atoms with Crippen LogP contribution in [0.15, 0.2) is 43.0 Å². The Morgan fingerprint density at radius 2 is 2.00 bits per heavy atom. The number of carbonyl (C=O) groups is 1. The van der Waals surface area contributed by atoms with Gasteiger partial charge in [0, 0.05) is 36.6 Å². The predicted molar refractivity (Wildman–Crippen MR) is 169 cm³/mol. The summed E-state index contributed by atoms with van der Waals surface area (Å²) in [5, 5.41) is 0.605. The molecule has 0 spiro atoms. The van der Waals surface area contributed by atoms with Crippen molar-refractivity contribution in [3.63, 3.8) is 0 Å². The molecule has 4 atom stereocenters. The molecule has 8 nitrogen and oxygen atoms in total. The van der Waals surface area contributed by atoms with Gasteiger partial charge in [0.25, 0.3) is 0 Å². The number of aromatic nitrogens is 2. The number of nitrogens with zero attached hydrogens (tertiary/aromatic N) is 6. The number of amides is 1. The fourth-order valence-corrected chi connectivity index (χ4v) is 8.12. The summed E-state index contributed by atoms with van der Waals surface area (Å²) in [7, 11) is 2.09. The Kier molecular flexibility index (Phi) is 7.71. The molecule has 2 aliphatic heterocycles. The van der Waals surface area contributed by atoms with Crippen LogP contribution in [-0.4, -0.2) is 84.1 Å². The Bertz CT molecular complexity index is 1650. The van der Waals surface area contributed by atoms with Crippen LogP contribution in [0.1, 0.15) is 49.1 Å². The number of fused-ring (bicyclic) bond motifs is 4. The molecule has 7 rings (SSSR count). The van der Waals surface area contributed by atoms with E-state index >= 15 is 4.39 Å². The standard InChI is InChI=1S/C35H39FN6O2/c1-4-30(43)42-17-16-41(20-25(42)19-37-2)34-29-14-13-28(27-12-6-9-23-18-22-8-5-11-26(22)31(23)27)32(36)33(29)38-35(39-34)44-21-24-10-7-15-40(24)3/h4,6,9,12-14,22,24-26H,1,5,7-8,10-11,15-21H2,3H3/t22?,24-,25-,26?/m0/s1. The van der Waals surface area contributed by atoms with Crippen molar-refractivity contribution in [2.75, 3.05) is 51.3 Å². The highest BCUT2D eigenvalue weighted by Crippen LogP contribution is 2.52. The molecule has 9 heteroatoms. The lowest BCUT2D eigenvalue weighted by Crippen LogP contribution is -2.56. The van der Waals surface area contributed by atoms with Gasteiger partial charge in [-0.15, -0.1) is 0 Å². The fraction of sp³-hybridized carbons (Fsp3) is 0.486. The summed E-state index contributed by atoms with van der Waals surface area (Å²) in [5.41, 5.74) is 4.45. The van der Waals surface area contributed by atoms with Gasteiger partial charge in [0.15, 0.2) is 5.82 Å².